The third-order valence-electron chi connectivity index (χ3n) is 3.76. The monoisotopic (exact) mass is 338 g/mol. The summed E-state index contributed by atoms with van der Waals surface area (Å²) in [5, 5.41) is 4.08. The highest BCUT2D eigenvalue weighted by Gasteiger charge is 2.18. The molecule has 0 aliphatic rings. The first-order chi connectivity index (χ1) is 12.0. The predicted molar refractivity (Wildman–Crippen MR) is 89.7 cm³/mol. The van der Waals surface area contributed by atoms with Crippen molar-refractivity contribution in [1.29, 1.82) is 0 Å². The van der Waals surface area contributed by atoms with E-state index in [1.165, 1.54) is 29.9 Å². The number of rotatable bonds is 4. The van der Waals surface area contributed by atoms with Gasteiger partial charge in [0.05, 0.1) is 11.9 Å². The molecule has 5 nitrogen and oxygen atoms in total. The lowest BCUT2D eigenvalue weighted by atomic mass is 10.1. The highest BCUT2D eigenvalue weighted by atomic mass is 19.1. The molecule has 0 aliphatic heterocycles. The van der Waals surface area contributed by atoms with Gasteiger partial charge >= 0.3 is 5.97 Å². The molecule has 3 rings (SSSR count). The Balaban J connectivity index is 1.88. The van der Waals surface area contributed by atoms with Crippen LogP contribution in [-0.4, -0.2) is 21.5 Å². The van der Waals surface area contributed by atoms with E-state index < -0.39 is 11.8 Å². The molecule has 3 aromatic rings. The second kappa shape index (κ2) is 6.68. The van der Waals surface area contributed by atoms with E-state index in [4.69, 9.17) is 4.74 Å². The number of nitrogens with zero attached hydrogens (tertiary/aromatic N) is 2. The minimum Gasteiger partial charge on any atom is -0.423 e. The predicted octanol–water partition coefficient (Wildman–Crippen LogP) is 3.74. The van der Waals surface area contributed by atoms with Crippen molar-refractivity contribution in [1.82, 2.24) is 9.78 Å². The van der Waals surface area contributed by atoms with Crippen molar-refractivity contribution in [2.75, 3.05) is 0 Å². The summed E-state index contributed by atoms with van der Waals surface area (Å²) in [6.45, 7) is 3.09. The van der Waals surface area contributed by atoms with Gasteiger partial charge in [-0.2, -0.15) is 5.10 Å². The van der Waals surface area contributed by atoms with Crippen molar-refractivity contribution >= 4 is 11.8 Å². The van der Waals surface area contributed by atoms with E-state index in [1.807, 2.05) is 0 Å². The van der Waals surface area contributed by atoms with Crippen LogP contribution in [0.15, 0.2) is 54.7 Å². The number of Topliss-reactive ketones (excluding diaryl/α,β-unsaturated/α-hetero) is 1. The Morgan fingerprint density at radius 1 is 1.12 bits per heavy atom. The molecule has 0 spiro atoms. The molecule has 126 valence electrons. The third-order valence-corrected chi connectivity index (χ3v) is 3.76. The largest absolute Gasteiger partial charge is 0.423 e. The van der Waals surface area contributed by atoms with Crippen LogP contribution in [0.25, 0.3) is 5.69 Å². The Morgan fingerprint density at radius 2 is 1.88 bits per heavy atom. The fourth-order valence-electron chi connectivity index (χ4n) is 2.42. The van der Waals surface area contributed by atoms with Gasteiger partial charge in [0.15, 0.2) is 5.78 Å². The maximum Gasteiger partial charge on any atom is 0.347 e. The van der Waals surface area contributed by atoms with Crippen molar-refractivity contribution in [2.45, 2.75) is 13.8 Å². The number of ketones is 1. The summed E-state index contributed by atoms with van der Waals surface area (Å²) in [5.41, 5.74) is 1.37. The van der Waals surface area contributed by atoms with Gasteiger partial charge in [-0.3, -0.25) is 4.79 Å². The summed E-state index contributed by atoms with van der Waals surface area (Å²) < 4.78 is 20.6. The molecule has 0 amide bonds. The summed E-state index contributed by atoms with van der Waals surface area (Å²) in [6.07, 6.45) is 1.33. The molecule has 2 aromatic carbocycles. The van der Waals surface area contributed by atoms with E-state index in [9.17, 15) is 14.0 Å². The first kappa shape index (κ1) is 16.6. The van der Waals surface area contributed by atoms with Crippen LogP contribution < -0.4 is 4.74 Å². The number of carbonyl (C=O) groups is 2. The van der Waals surface area contributed by atoms with Crippen LogP contribution in [0.3, 0.4) is 0 Å². The first-order valence-electron chi connectivity index (χ1n) is 7.60. The topological polar surface area (TPSA) is 61.2 Å². The number of para-hydroxylation sites is 1. The number of aromatic nitrogens is 2. The number of benzene rings is 2. The average Bonchev–Trinajstić information content (AvgIpc) is 2.97. The van der Waals surface area contributed by atoms with Crippen molar-refractivity contribution in [3.63, 3.8) is 0 Å². The molecule has 1 heterocycles. The Bertz CT molecular complexity index is 963. The number of halogens is 1. The lowest BCUT2D eigenvalue weighted by Crippen LogP contribution is -2.11. The fraction of sp³-hybridized carbons (Fsp3) is 0.105. The normalized spacial score (nSPS) is 10.5. The van der Waals surface area contributed by atoms with Gasteiger partial charge in [-0.15, -0.1) is 0 Å². The smallest absolute Gasteiger partial charge is 0.347 e. The van der Waals surface area contributed by atoms with Crippen LogP contribution in [0, 0.1) is 12.7 Å². The van der Waals surface area contributed by atoms with Gasteiger partial charge in [-0.1, -0.05) is 24.3 Å². The van der Waals surface area contributed by atoms with Crippen LogP contribution in [0.4, 0.5) is 4.39 Å². The van der Waals surface area contributed by atoms with E-state index >= 15 is 0 Å². The quantitative estimate of drug-likeness (QED) is 0.413. The zero-order chi connectivity index (χ0) is 18.0. The standard InChI is InChI=1S/C19H15FN2O3/c1-12-16(11-21-22(12)18-9-4-3-8-17(18)20)19(24)25-15-7-5-6-14(10-15)13(2)23/h3-11H,1-2H3. The molecule has 0 N–H and O–H groups in total. The number of carbonyl (C=O) groups excluding carboxylic acids is 2. The van der Waals surface area contributed by atoms with Crippen LogP contribution in [0.1, 0.15) is 33.3 Å². The summed E-state index contributed by atoms with van der Waals surface area (Å²) in [4.78, 5) is 23.8. The molecule has 0 saturated heterocycles. The molecule has 0 bridgehead atoms. The molecular weight excluding hydrogens is 323 g/mol. The van der Waals surface area contributed by atoms with E-state index in [-0.39, 0.29) is 22.8 Å². The number of hydrogen-bond acceptors (Lipinski definition) is 4. The number of hydrogen-bond donors (Lipinski definition) is 0. The summed E-state index contributed by atoms with van der Waals surface area (Å²) >= 11 is 0. The van der Waals surface area contributed by atoms with Crippen molar-refractivity contribution in [2.24, 2.45) is 0 Å². The minimum atomic E-state index is -0.624. The van der Waals surface area contributed by atoms with Crippen LogP contribution in [-0.2, 0) is 0 Å². The van der Waals surface area contributed by atoms with Gasteiger partial charge in [-0.25, -0.2) is 13.9 Å². The summed E-state index contributed by atoms with van der Waals surface area (Å²) in [5.74, 6) is -0.930. The zero-order valence-corrected chi connectivity index (χ0v) is 13.7. The Morgan fingerprint density at radius 3 is 2.60 bits per heavy atom. The van der Waals surface area contributed by atoms with E-state index in [1.54, 1.807) is 43.3 Å². The average molecular weight is 338 g/mol. The Labute approximate surface area is 143 Å². The number of esters is 1. The number of ether oxygens (including phenoxy) is 1. The first-order valence-corrected chi connectivity index (χ1v) is 7.60. The second-order valence-corrected chi connectivity index (χ2v) is 5.48. The summed E-state index contributed by atoms with van der Waals surface area (Å²) in [6, 6.07) is 12.5. The van der Waals surface area contributed by atoms with Gasteiger partial charge in [-0.05, 0) is 38.1 Å². The SMILES string of the molecule is CC(=O)c1cccc(OC(=O)c2cnn(-c3ccccc3F)c2C)c1. The molecule has 0 saturated carbocycles. The van der Waals surface area contributed by atoms with Gasteiger partial charge < -0.3 is 4.74 Å². The van der Waals surface area contributed by atoms with Crippen LogP contribution in [0.2, 0.25) is 0 Å². The van der Waals surface area contributed by atoms with Gasteiger partial charge in [0, 0.05) is 5.56 Å². The Kier molecular flexibility index (Phi) is 4.43. The molecule has 0 unspecified atom stereocenters. The molecule has 6 heteroatoms. The van der Waals surface area contributed by atoms with Gasteiger partial charge in [0.2, 0.25) is 0 Å². The van der Waals surface area contributed by atoms with Crippen molar-refractivity contribution < 1.29 is 18.7 Å². The molecule has 0 fully saturated rings. The summed E-state index contributed by atoms with van der Waals surface area (Å²) in [7, 11) is 0. The molecular formula is C19H15FN2O3. The third kappa shape index (κ3) is 3.33. The molecule has 0 atom stereocenters. The molecule has 0 radical (unpaired) electrons. The molecule has 0 aliphatic carbocycles. The van der Waals surface area contributed by atoms with Crippen LogP contribution >= 0.6 is 0 Å². The van der Waals surface area contributed by atoms with E-state index in [0.717, 1.165) is 0 Å². The maximum absolute atomic E-state index is 13.9. The zero-order valence-electron chi connectivity index (χ0n) is 13.7. The van der Waals surface area contributed by atoms with Crippen LogP contribution in [0.5, 0.6) is 5.75 Å². The maximum atomic E-state index is 13.9. The lowest BCUT2D eigenvalue weighted by molar-refractivity contribution is 0.0733. The lowest BCUT2D eigenvalue weighted by Gasteiger charge is -2.07. The van der Waals surface area contributed by atoms with Gasteiger partial charge in [0.1, 0.15) is 22.8 Å². The fourth-order valence-corrected chi connectivity index (χ4v) is 2.42. The van der Waals surface area contributed by atoms with Crippen molar-refractivity contribution in [3.05, 3.63) is 77.4 Å². The van der Waals surface area contributed by atoms with E-state index in [2.05, 4.69) is 5.10 Å². The Hall–Kier alpha value is -3.28. The van der Waals surface area contributed by atoms with Gasteiger partial charge in [0.25, 0.3) is 0 Å². The molecule has 25 heavy (non-hydrogen) atoms. The second-order valence-electron chi connectivity index (χ2n) is 5.48. The minimum absolute atomic E-state index is 0.124. The van der Waals surface area contributed by atoms with E-state index in [0.29, 0.717) is 11.3 Å². The highest BCUT2D eigenvalue weighted by Crippen LogP contribution is 2.20. The van der Waals surface area contributed by atoms with Crippen molar-refractivity contribution in [3.8, 4) is 11.4 Å². The highest BCUT2D eigenvalue weighted by molar-refractivity contribution is 5.95. The molecule has 1 aromatic heterocycles.